The third-order valence-electron chi connectivity index (χ3n) is 1.16. The molecule has 0 fully saturated rings. The Morgan fingerprint density at radius 2 is 2.00 bits per heavy atom. The zero-order chi connectivity index (χ0) is 7.11. The van der Waals surface area contributed by atoms with Crippen LogP contribution in [-0.2, 0) is 0 Å². The topological polar surface area (TPSA) is 38.4 Å². The van der Waals surface area contributed by atoms with Gasteiger partial charge in [0.2, 0.25) is 0 Å². The minimum atomic E-state index is 0.839. The van der Waals surface area contributed by atoms with Crippen LogP contribution in [0.2, 0.25) is 0 Å². The summed E-state index contributed by atoms with van der Waals surface area (Å²) in [5.74, 6) is 0.839. The molecule has 0 atom stereocenters. The number of nitrogens with zero attached hydrogens (tertiary/aromatic N) is 1. The van der Waals surface area contributed by atoms with Crippen LogP contribution in [0.25, 0.3) is 0 Å². The molecular weight excluding hydrogens is 112 g/mol. The number of amidine groups is 1. The van der Waals surface area contributed by atoms with Gasteiger partial charge in [-0.15, -0.1) is 0 Å². The predicted molar refractivity (Wildman–Crippen MR) is 41.7 cm³/mol. The molecular formula is C7H16N2. The second kappa shape index (κ2) is 5.60. The lowest BCUT2D eigenvalue weighted by Gasteiger charge is -2.04. The van der Waals surface area contributed by atoms with E-state index in [1.165, 1.54) is 12.8 Å². The molecule has 54 valence electrons. The van der Waals surface area contributed by atoms with Gasteiger partial charge in [0.15, 0.2) is 0 Å². The number of nitrogens with two attached hydrogens (primary N) is 1. The maximum absolute atomic E-state index is 5.38. The third-order valence-corrected chi connectivity index (χ3v) is 1.16. The Morgan fingerprint density at radius 1 is 1.33 bits per heavy atom. The van der Waals surface area contributed by atoms with Gasteiger partial charge in [0.25, 0.3) is 0 Å². The smallest absolute Gasteiger partial charge is 0.0937 e. The molecule has 0 aliphatic carbocycles. The van der Waals surface area contributed by atoms with Crippen molar-refractivity contribution in [1.29, 1.82) is 0 Å². The summed E-state index contributed by atoms with van der Waals surface area (Å²) in [5.41, 5.74) is 5.38. The van der Waals surface area contributed by atoms with Gasteiger partial charge in [0, 0.05) is 13.0 Å². The number of rotatable bonds is 0. The van der Waals surface area contributed by atoms with Crippen LogP contribution in [0.4, 0.5) is 0 Å². The molecule has 0 aromatic heterocycles. The molecule has 0 saturated heterocycles. The van der Waals surface area contributed by atoms with Crippen molar-refractivity contribution >= 4 is 5.84 Å². The van der Waals surface area contributed by atoms with Crippen LogP contribution in [0.1, 0.15) is 33.1 Å². The van der Waals surface area contributed by atoms with E-state index in [9.17, 15) is 0 Å². The quantitative estimate of drug-likeness (QED) is 0.528. The molecule has 2 N–H and O–H groups in total. The highest BCUT2D eigenvalue weighted by molar-refractivity contribution is 5.80. The highest BCUT2D eigenvalue weighted by Gasteiger charge is 1.97. The third kappa shape index (κ3) is 4.01. The Morgan fingerprint density at radius 3 is 2.22 bits per heavy atom. The van der Waals surface area contributed by atoms with E-state index >= 15 is 0 Å². The molecule has 0 aromatic carbocycles. The number of hydrogen-bond donors (Lipinski definition) is 1. The Balaban J connectivity index is 0.000000291. The summed E-state index contributed by atoms with van der Waals surface area (Å²) >= 11 is 0. The molecule has 0 saturated carbocycles. The highest BCUT2D eigenvalue weighted by Crippen LogP contribution is 2.01. The zero-order valence-corrected chi connectivity index (χ0v) is 6.35. The van der Waals surface area contributed by atoms with E-state index in [1.807, 2.05) is 13.8 Å². The van der Waals surface area contributed by atoms with Gasteiger partial charge in [-0.05, 0) is 12.8 Å². The average molecular weight is 128 g/mol. The van der Waals surface area contributed by atoms with Crippen LogP contribution < -0.4 is 5.73 Å². The minimum absolute atomic E-state index is 0.839. The van der Waals surface area contributed by atoms with Crippen molar-refractivity contribution < 1.29 is 0 Å². The van der Waals surface area contributed by atoms with Crippen LogP contribution in [0.15, 0.2) is 4.99 Å². The molecule has 0 aromatic rings. The number of aliphatic imine (C=N–C) groups is 1. The summed E-state index contributed by atoms with van der Waals surface area (Å²) in [6.07, 6.45) is 3.47. The summed E-state index contributed by atoms with van der Waals surface area (Å²) in [5, 5.41) is 0. The summed E-state index contributed by atoms with van der Waals surface area (Å²) in [6.45, 7) is 4.95. The van der Waals surface area contributed by atoms with E-state index in [4.69, 9.17) is 5.73 Å². The van der Waals surface area contributed by atoms with Crippen LogP contribution in [0.5, 0.6) is 0 Å². The first kappa shape index (κ1) is 8.47. The van der Waals surface area contributed by atoms with Crippen molar-refractivity contribution in [1.82, 2.24) is 0 Å². The summed E-state index contributed by atoms with van der Waals surface area (Å²) in [4.78, 5) is 4.02. The fraction of sp³-hybridized carbons (Fsp3) is 0.857. The molecule has 0 unspecified atom stereocenters. The standard InChI is InChI=1S/C5H10N2.C2H6/c6-5-3-1-2-4-7-5;1-2/h1-4H2,(H2,6,7);1-2H3. The fourth-order valence-electron chi connectivity index (χ4n) is 0.720. The summed E-state index contributed by atoms with van der Waals surface area (Å²) < 4.78 is 0. The molecule has 1 aliphatic rings. The molecule has 9 heavy (non-hydrogen) atoms. The lowest BCUT2D eigenvalue weighted by molar-refractivity contribution is 0.733. The lowest BCUT2D eigenvalue weighted by atomic mass is 10.2. The van der Waals surface area contributed by atoms with Crippen molar-refractivity contribution in [3.63, 3.8) is 0 Å². The van der Waals surface area contributed by atoms with E-state index in [1.54, 1.807) is 0 Å². The molecule has 0 bridgehead atoms. The maximum atomic E-state index is 5.38. The van der Waals surface area contributed by atoms with Crippen LogP contribution >= 0.6 is 0 Å². The van der Waals surface area contributed by atoms with E-state index < -0.39 is 0 Å². The van der Waals surface area contributed by atoms with Crippen molar-refractivity contribution in [3.8, 4) is 0 Å². The van der Waals surface area contributed by atoms with Gasteiger partial charge in [-0.25, -0.2) is 0 Å². The van der Waals surface area contributed by atoms with Gasteiger partial charge in [-0.2, -0.15) is 0 Å². The van der Waals surface area contributed by atoms with Crippen molar-refractivity contribution in [3.05, 3.63) is 0 Å². The van der Waals surface area contributed by atoms with E-state index in [0.29, 0.717) is 0 Å². The zero-order valence-electron chi connectivity index (χ0n) is 6.35. The molecule has 2 heteroatoms. The maximum Gasteiger partial charge on any atom is 0.0937 e. The molecule has 0 amide bonds. The highest BCUT2D eigenvalue weighted by atomic mass is 14.9. The van der Waals surface area contributed by atoms with Gasteiger partial charge in [0.05, 0.1) is 5.84 Å². The van der Waals surface area contributed by atoms with Crippen molar-refractivity contribution in [2.45, 2.75) is 33.1 Å². The summed E-state index contributed by atoms with van der Waals surface area (Å²) in [7, 11) is 0. The lowest BCUT2D eigenvalue weighted by Crippen LogP contribution is -2.15. The predicted octanol–water partition coefficient (Wildman–Crippen LogP) is 1.55. The van der Waals surface area contributed by atoms with E-state index in [0.717, 1.165) is 18.8 Å². The second-order valence-electron chi connectivity index (χ2n) is 1.83. The Labute approximate surface area is 57.2 Å². The normalized spacial score (nSPS) is 17.3. The first-order valence-corrected chi connectivity index (χ1v) is 3.68. The largest absolute Gasteiger partial charge is 0.387 e. The van der Waals surface area contributed by atoms with Crippen LogP contribution in [0.3, 0.4) is 0 Å². The molecule has 2 nitrogen and oxygen atoms in total. The van der Waals surface area contributed by atoms with Gasteiger partial charge in [-0.1, -0.05) is 13.8 Å². The van der Waals surface area contributed by atoms with Crippen LogP contribution in [0, 0.1) is 0 Å². The Bertz CT molecular complexity index is 86.9. The fourth-order valence-corrected chi connectivity index (χ4v) is 0.720. The first-order chi connectivity index (χ1) is 4.39. The average Bonchev–Trinajstić information content (AvgIpc) is 1.94. The van der Waals surface area contributed by atoms with Crippen molar-refractivity contribution in [2.75, 3.05) is 6.54 Å². The molecule has 0 spiro atoms. The Hall–Kier alpha value is -0.530. The van der Waals surface area contributed by atoms with E-state index in [2.05, 4.69) is 4.99 Å². The van der Waals surface area contributed by atoms with Gasteiger partial charge < -0.3 is 5.73 Å². The SMILES string of the molecule is CC.NC1=NCCCC1. The number of hydrogen-bond acceptors (Lipinski definition) is 2. The van der Waals surface area contributed by atoms with Gasteiger partial charge in [0.1, 0.15) is 0 Å². The molecule has 1 aliphatic heterocycles. The monoisotopic (exact) mass is 128 g/mol. The first-order valence-electron chi connectivity index (χ1n) is 3.68. The molecule has 1 rings (SSSR count). The summed E-state index contributed by atoms with van der Waals surface area (Å²) in [6, 6.07) is 0. The van der Waals surface area contributed by atoms with Gasteiger partial charge >= 0.3 is 0 Å². The van der Waals surface area contributed by atoms with Crippen molar-refractivity contribution in [2.24, 2.45) is 10.7 Å². The molecule has 0 radical (unpaired) electrons. The Kier molecular flexibility index (Phi) is 5.27. The van der Waals surface area contributed by atoms with E-state index in [-0.39, 0.29) is 0 Å². The molecule has 1 heterocycles. The van der Waals surface area contributed by atoms with Crippen LogP contribution in [-0.4, -0.2) is 12.4 Å². The van der Waals surface area contributed by atoms with Gasteiger partial charge in [-0.3, -0.25) is 4.99 Å². The minimum Gasteiger partial charge on any atom is -0.387 e. The second-order valence-corrected chi connectivity index (χ2v) is 1.83.